The van der Waals surface area contributed by atoms with Crippen molar-refractivity contribution in [2.24, 2.45) is 5.10 Å². The van der Waals surface area contributed by atoms with Gasteiger partial charge in [0.15, 0.2) is 11.6 Å². The molecule has 2 heterocycles. The summed E-state index contributed by atoms with van der Waals surface area (Å²) in [5.41, 5.74) is 3.44. The van der Waals surface area contributed by atoms with Crippen molar-refractivity contribution < 1.29 is 14.3 Å². The van der Waals surface area contributed by atoms with Crippen LogP contribution < -0.4 is 15.4 Å². The molecule has 0 radical (unpaired) electrons. The molecule has 10 heteroatoms. The first kappa shape index (κ1) is 28.1. The van der Waals surface area contributed by atoms with Gasteiger partial charge in [0.25, 0.3) is 0 Å². The van der Waals surface area contributed by atoms with Crippen LogP contribution >= 0.6 is 0 Å². The zero-order valence-corrected chi connectivity index (χ0v) is 22.3. The minimum atomic E-state index is -0.111. The quantitative estimate of drug-likeness (QED) is 0.157. The second kappa shape index (κ2) is 14.3. The molecule has 1 aliphatic heterocycles. The van der Waals surface area contributed by atoms with E-state index in [1.54, 1.807) is 36.7 Å². The second-order valence-electron chi connectivity index (χ2n) is 9.11. The summed E-state index contributed by atoms with van der Waals surface area (Å²) in [6, 6.07) is 16.7. The van der Waals surface area contributed by atoms with E-state index >= 15 is 0 Å². The maximum atomic E-state index is 12.0. The largest absolute Gasteiger partial charge is 0.489 e. The number of rotatable bonds is 12. The molecule has 0 saturated carbocycles. The first-order valence-corrected chi connectivity index (χ1v) is 13.1. The predicted octanol–water partition coefficient (Wildman–Crippen LogP) is 3.20. The van der Waals surface area contributed by atoms with Crippen molar-refractivity contribution >= 4 is 18.0 Å². The molecule has 2 aromatic carbocycles. The monoisotopic (exact) mass is 537 g/mol. The van der Waals surface area contributed by atoms with Crippen molar-refractivity contribution in [2.45, 2.75) is 32.4 Å². The lowest BCUT2D eigenvalue weighted by Crippen LogP contribution is -2.41. The van der Waals surface area contributed by atoms with Gasteiger partial charge in [0.2, 0.25) is 12.3 Å². The van der Waals surface area contributed by atoms with E-state index in [1.165, 1.54) is 5.01 Å². The molecule has 1 saturated heterocycles. The molecule has 1 aliphatic rings. The molecule has 0 aliphatic carbocycles. The van der Waals surface area contributed by atoms with Crippen molar-refractivity contribution in [3.63, 3.8) is 0 Å². The third kappa shape index (κ3) is 7.82. The highest BCUT2D eigenvalue weighted by Crippen LogP contribution is 2.19. The molecular weight excluding hydrogens is 506 g/mol. The van der Waals surface area contributed by atoms with Crippen LogP contribution in [0.1, 0.15) is 36.5 Å². The predicted molar refractivity (Wildman–Crippen MR) is 151 cm³/mol. The number of ether oxygens (including phenoxy) is 1. The average Bonchev–Trinajstić information content (AvgIpc) is 3.54. The summed E-state index contributed by atoms with van der Waals surface area (Å²) in [6.07, 6.45) is 9.35. The number of hydrogen-bond donors (Lipinski definition) is 2. The molecule has 1 atom stereocenters. The number of hydrazone groups is 1. The summed E-state index contributed by atoms with van der Waals surface area (Å²) >= 11 is 0. The molecule has 3 aromatic rings. The lowest BCUT2D eigenvalue weighted by molar-refractivity contribution is -0.123. The number of carbonyl (C=O) groups excluding carboxylic acids is 2. The first-order chi connectivity index (χ1) is 19.6. The molecule has 1 fully saturated rings. The molecule has 0 spiro atoms. The number of hydrogen-bond acceptors (Lipinski definition) is 8. The zero-order chi connectivity index (χ0) is 28.2. The zero-order valence-electron chi connectivity index (χ0n) is 22.3. The highest BCUT2D eigenvalue weighted by molar-refractivity contribution is 6.08. The van der Waals surface area contributed by atoms with E-state index in [1.807, 2.05) is 43.3 Å². The van der Waals surface area contributed by atoms with Gasteiger partial charge in [-0.05, 0) is 56.1 Å². The Balaban J connectivity index is 1.37. The molecule has 204 valence electrons. The molecular formula is C30H31N7O3. The smallest absolute Gasteiger partial charge is 0.237 e. The Kier molecular flexibility index (Phi) is 10.1. The summed E-state index contributed by atoms with van der Waals surface area (Å²) in [5.74, 6) is 1.02. The number of nitrogens with zero attached hydrogens (tertiary/aromatic N) is 5. The van der Waals surface area contributed by atoms with Gasteiger partial charge in [-0.25, -0.2) is 15.0 Å². The van der Waals surface area contributed by atoms with Crippen LogP contribution in [0.3, 0.4) is 0 Å². The van der Waals surface area contributed by atoms with Gasteiger partial charge in [-0.15, -0.1) is 0 Å². The van der Waals surface area contributed by atoms with Gasteiger partial charge in [-0.3, -0.25) is 9.59 Å². The van der Waals surface area contributed by atoms with Crippen molar-refractivity contribution in [1.82, 2.24) is 25.6 Å². The molecule has 0 bridgehead atoms. The van der Waals surface area contributed by atoms with Gasteiger partial charge < -0.3 is 15.4 Å². The summed E-state index contributed by atoms with van der Waals surface area (Å²) < 4.78 is 5.66. The Morgan fingerprint density at radius 3 is 2.80 bits per heavy atom. The number of nitriles is 1. The maximum Gasteiger partial charge on any atom is 0.237 e. The van der Waals surface area contributed by atoms with Crippen LogP contribution in [-0.4, -0.2) is 58.7 Å². The van der Waals surface area contributed by atoms with E-state index in [2.05, 4.69) is 31.8 Å². The topological polar surface area (TPSA) is 133 Å². The van der Waals surface area contributed by atoms with Gasteiger partial charge in [-0.2, -0.15) is 10.4 Å². The van der Waals surface area contributed by atoms with E-state index in [-0.39, 0.29) is 18.5 Å². The summed E-state index contributed by atoms with van der Waals surface area (Å²) in [4.78, 5) is 32.8. The Labute approximate surface area is 233 Å². The Bertz CT molecular complexity index is 1410. The lowest BCUT2D eigenvalue weighted by atomic mass is 10.1. The molecule has 1 unspecified atom stereocenters. The average molecular weight is 538 g/mol. The number of allylic oxidation sites excluding steroid dienone is 2. The van der Waals surface area contributed by atoms with Gasteiger partial charge in [-0.1, -0.05) is 36.4 Å². The maximum absolute atomic E-state index is 12.0. The molecule has 40 heavy (non-hydrogen) atoms. The Hall–Kier alpha value is -4.88. The summed E-state index contributed by atoms with van der Waals surface area (Å²) in [7, 11) is 0. The molecule has 10 nitrogen and oxygen atoms in total. The van der Waals surface area contributed by atoms with E-state index in [4.69, 9.17) is 4.74 Å². The van der Waals surface area contributed by atoms with Crippen molar-refractivity contribution in [1.29, 1.82) is 5.26 Å². The minimum Gasteiger partial charge on any atom is -0.489 e. The highest BCUT2D eigenvalue weighted by Gasteiger charge is 2.21. The Morgan fingerprint density at radius 2 is 2.08 bits per heavy atom. The lowest BCUT2D eigenvalue weighted by Gasteiger charge is -2.14. The number of aromatic nitrogens is 2. The van der Waals surface area contributed by atoms with Crippen LogP contribution in [0, 0.1) is 11.3 Å². The fraction of sp³-hybridized carbons (Fsp3) is 0.267. The van der Waals surface area contributed by atoms with Crippen molar-refractivity contribution in [3.05, 3.63) is 89.8 Å². The molecule has 1 aromatic heterocycles. The fourth-order valence-corrected chi connectivity index (χ4v) is 4.24. The summed E-state index contributed by atoms with van der Waals surface area (Å²) in [6.45, 7) is 3.69. The van der Waals surface area contributed by atoms with Crippen LogP contribution in [0.15, 0.2) is 78.2 Å². The van der Waals surface area contributed by atoms with E-state index in [9.17, 15) is 14.9 Å². The molecule has 2 N–H and O–H groups in total. The number of amides is 2. The SMILES string of the molecule is CC=CC(=NN(C=O)Cc1cccc(-c2ncc(OCCNC(=O)C3CCCN3)cn2)c1)c1cccc(C#N)c1. The Morgan fingerprint density at radius 1 is 1.25 bits per heavy atom. The summed E-state index contributed by atoms with van der Waals surface area (Å²) in [5, 5.41) is 21.1. The third-order valence-electron chi connectivity index (χ3n) is 6.17. The van der Waals surface area contributed by atoms with Crippen LogP contribution in [-0.2, 0) is 16.1 Å². The minimum absolute atomic E-state index is 0.00216. The van der Waals surface area contributed by atoms with Gasteiger partial charge in [0.1, 0.15) is 6.61 Å². The van der Waals surface area contributed by atoms with Crippen LogP contribution in [0.4, 0.5) is 0 Å². The van der Waals surface area contributed by atoms with Gasteiger partial charge in [0.05, 0.1) is 48.9 Å². The van der Waals surface area contributed by atoms with Crippen LogP contribution in [0.25, 0.3) is 11.4 Å². The normalized spacial score (nSPS) is 15.0. The first-order valence-electron chi connectivity index (χ1n) is 13.1. The van der Waals surface area contributed by atoms with E-state index < -0.39 is 0 Å². The van der Waals surface area contributed by atoms with Crippen LogP contribution in [0.5, 0.6) is 5.75 Å². The number of nitrogens with one attached hydrogen (secondary N) is 2. The van der Waals surface area contributed by atoms with Gasteiger partial charge in [0, 0.05) is 11.1 Å². The third-order valence-corrected chi connectivity index (χ3v) is 6.17. The molecule has 2 amide bonds. The van der Waals surface area contributed by atoms with Crippen LogP contribution in [0.2, 0.25) is 0 Å². The van der Waals surface area contributed by atoms with E-state index in [0.717, 1.165) is 36.1 Å². The second-order valence-corrected chi connectivity index (χ2v) is 9.11. The van der Waals surface area contributed by atoms with Crippen molar-refractivity contribution in [3.8, 4) is 23.2 Å². The fourth-order valence-electron chi connectivity index (χ4n) is 4.24. The standard InChI is InChI=1S/C30H31N7O3/c1-2-6-27(24-9-3-7-22(15-24)17-31)36-37(21-38)20-23-8-4-10-25(16-23)29-34-18-26(19-35-29)40-14-13-33-30(39)28-11-5-12-32-28/h2-4,6-10,15-16,18-19,21,28,32H,5,11-14,20H2,1H3,(H,33,39). The van der Waals surface area contributed by atoms with Gasteiger partial charge >= 0.3 is 0 Å². The number of benzene rings is 2. The van der Waals surface area contributed by atoms with Crippen molar-refractivity contribution in [2.75, 3.05) is 19.7 Å². The van der Waals surface area contributed by atoms with E-state index in [0.29, 0.717) is 42.4 Å². The highest BCUT2D eigenvalue weighted by atomic mass is 16.5. The number of carbonyl (C=O) groups is 2. The molecule has 4 rings (SSSR count).